The maximum atomic E-state index is 13.1. The van der Waals surface area contributed by atoms with Gasteiger partial charge in [0.25, 0.3) is 0 Å². The molecule has 1 fully saturated rings. The lowest BCUT2D eigenvalue weighted by atomic mass is 10.2. The quantitative estimate of drug-likeness (QED) is 0.299. The van der Waals surface area contributed by atoms with Crippen molar-refractivity contribution in [3.05, 3.63) is 65.5 Å². The summed E-state index contributed by atoms with van der Waals surface area (Å²) in [4.78, 5) is 21.0. The van der Waals surface area contributed by atoms with Gasteiger partial charge in [0, 0.05) is 23.0 Å². The van der Waals surface area contributed by atoms with Crippen molar-refractivity contribution in [1.29, 1.82) is 0 Å². The second-order valence-electron chi connectivity index (χ2n) is 7.70. The molecule has 2 aromatic heterocycles. The van der Waals surface area contributed by atoms with Crippen molar-refractivity contribution in [3.63, 3.8) is 0 Å². The fourth-order valence-electron chi connectivity index (χ4n) is 3.31. The Morgan fingerprint density at radius 3 is 2.42 bits per heavy atom. The minimum Gasteiger partial charge on any atom is -0.339 e. The third kappa shape index (κ3) is 4.90. The van der Waals surface area contributed by atoms with Crippen molar-refractivity contribution in [2.24, 2.45) is 5.92 Å². The van der Waals surface area contributed by atoms with Crippen LogP contribution in [0.1, 0.15) is 18.4 Å². The second-order valence-corrected chi connectivity index (χ2v) is 8.62. The van der Waals surface area contributed by atoms with E-state index >= 15 is 0 Å². The van der Waals surface area contributed by atoms with Gasteiger partial charge in [0.05, 0.1) is 15.8 Å². The molecule has 2 aromatic carbocycles. The van der Waals surface area contributed by atoms with Gasteiger partial charge < -0.3 is 16.0 Å². The number of hydrogen-bond donors (Lipinski definition) is 3. The van der Waals surface area contributed by atoms with Gasteiger partial charge in [-0.3, -0.25) is 4.79 Å². The van der Waals surface area contributed by atoms with Gasteiger partial charge in [0.15, 0.2) is 5.82 Å². The number of alkyl halides is 3. The highest BCUT2D eigenvalue weighted by molar-refractivity contribution is 7.17. The fraction of sp³-hybridized carbons (Fsp3) is 0.174. The lowest BCUT2D eigenvalue weighted by molar-refractivity contribution is -0.137. The summed E-state index contributed by atoms with van der Waals surface area (Å²) in [5, 5.41) is 10.8. The van der Waals surface area contributed by atoms with Crippen LogP contribution in [-0.4, -0.2) is 15.9 Å². The molecule has 0 spiro atoms. The van der Waals surface area contributed by atoms with E-state index < -0.39 is 11.7 Å². The molecular weight excluding hydrogens is 451 g/mol. The summed E-state index contributed by atoms with van der Waals surface area (Å²) in [5.41, 5.74) is 1.52. The molecule has 1 aliphatic rings. The molecule has 0 radical (unpaired) electrons. The van der Waals surface area contributed by atoms with Gasteiger partial charge >= 0.3 is 6.18 Å². The van der Waals surface area contributed by atoms with Crippen molar-refractivity contribution in [2.45, 2.75) is 19.0 Å². The number of thiophene rings is 1. The number of aromatic nitrogens is 2. The predicted octanol–water partition coefficient (Wildman–Crippen LogP) is 6.55. The molecule has 0 aliphatic heterocycles. The smallest absolute Gasteiger partial charge is 0.339 e. The van der Waals surface area contributed by atoms with Crippen molar-refractivity contribution >= 4 is 56.3 Å². The normalized spacial score (nSPS) is 13.7. The number of amides is 1. The lowest BCUT2D eigenvalue weighted by Crippen LogP contribution is -2.13. The standard InChI is InChI=1S/C23H18F3N5OS/c24-23(25,26)14-3-1-4-15(11-14)27-20-19-18(9-10-33-19)30-22(31-20)29-17-6-2-5-16(12-17)28-21(32)13-7-8-13/h1-6,9-13H,7-8H2,(H,28,32)(H2,27,29,30,31). The predicted molar refractivity (Wildman–Crippen MR) is 123 cm³/mol. The van der Waals surface area contributed by atoms with Crippen molar-refractivity contribution in [1.82, 2.24) is 9.97 Å². The number of carbonyl (C=O) groups is 1. The molecule has 0 atom stereocenters. The highest BCUT2D eigenvalue weighted by Crippen LogP contribution is 2.34. The summed E-state index contributed by atoms with van der Waals surface area (Å²) in [6, 6.07) is 14.0. The largest absolute Gasteiger partial charge is 0.416 e. The van der Waals surface area contributed by atoms with Crippen LogP contribution in [-0.2, 0) is 11.0 Å². The molecule has 1 aliphatic carbocycles. The number of rotatable bonds is 6. The van der Waals surface area contributed by atoms with Crippen molar-refractivity contribution in [3.8, 4) is 0 Å². The Balaban J connectivity index is 1.41. The molecule has 1 amide bonds. The molecule has 0 bridgehead atoms. The van der Waals surface area contributed by atoms with Crippen LogP contribution in [0, 0.1) is 5.92 Å². The molecule has 6 nitrogen and oxygen atoms in total. The summed E-state index contributed by atoms with van der Waals surface area (Å²) < 4.78 is 40.0. The molecule has 0 saturated heterocycles. The van der Waals surface area contributed by atoms with Gasteiger partial charge in [-0.15, -0.1) is 11.3 Å². The maximum Gasteiger partial charge on any atom is 0.416 e. The highest BCUT2D eigenvalue weighted by atomic mass is 32.1. The van der Waals surface area contributed by atoms with Gasteiger partial charge in [-0.2, -0.15) is 18.2 Å². The highest BCUT2D eigenvalue weighted by Gasteiger charge is 2.31. The second kappa shape index (κ2) is 8.36. The third-order valence-corrected chi connectivity index (χ3v) is 6.00. The van der Waals surface area contributed by atoms with Gasteiger partial charge in [-0.1, -0.05) is 12.1 Å². The fourth-order valence-corrected chi connectivity index (χ4v) is 4.08. The molecular formula is C23H18F3N5OS. The molecule has 5 rings (SSSR count). The monoisotopic (exact) mass is 469 g/mol. The number of halogens is 3. The van der Waals surface area contributed by atoms with Gasteiger partial charge in [-0.25, -0.2) is 4.98 Å². The molecule has 168 valence electrons. The van der Waals surface area contributed by atoms with E-state index in [1.165, 1.54) is 17.4 Å². The van der Waals surface area contributed by atoms with Crippen molar-refractivity contribution < 1.29 is 18.0 Å². The molecule has 3 N–H and O–H groups in total. The van der Waals surface area contributed by atoms with Crippen LogP contribution in [0.3, 0.4) is 0 Å². The molecule has 4 aromatic rings. The van der Waals surface area contributed by atoms with Gasteiger partial charge in [-0.05, 0) is 60.7 Å². The average molecular weight is 469 g/mol. The zero-order valence-corrected chi connectivity index (χ0v) is 17.9. The molecule has 1 saturated carbocycles. The summed E-state index contributed by atoms with van der Waals surface area (Å²) >= 11 is 1.39. The van der Waals surface area contributed by atoms with Crippen molar-refractivity contribution in [2.75, 3.05) is 16.0 Å². The first-order valence-electron chi connectivity index (χ1n) is 10.2. The van der Waals surface area contributed by atoms with Gasteiger partial charge in [0.2, 0.25) is 11.9 Å². The Hall–Kier alpha value is -3.66. The van der Waals surface area contributed by atoms with Gasteiger partial charge in [0.1, 0.15) is 0 Å². The Kier molecular flexibility index (Phi) is 5.37. The Morgan fingerprint density at radius 2 is 1.67 bits per heavy atom. The molecule has 33 heavy (non-hydrogen) atoms. The zero-order valence-electron chi connectivity index (χ0n) is 17.1. The Morgan fingerprint density at radius 1 is 0.939 bits per heavy atom. The SMILES string of the molecule is O=C(Nc1cccc(Nc2nc(Nc3cccc(C(F)(F)F)c3)c3sccc3n2)c1)C1CC1. The number of hydrogen-bond acceptors (Lipinski definition) is 6. The number of fused-ring (bicyclic) bond motifs is 1. The summed E-state index contributed by atoms with van der Waals surface area (Å²) in [6.07, 6.45) is -2.60. The first-order valence-corrected chi connectivity index (χ1v) is 11.1. The topological polar surface area (TPSA) is 78.9 Å². The number of nitrogens with zero attached hydrogens (tertiary/aromatic N) is 2. The van der Waals surface area contributed by atoms with Crippen LogP contribution in [0.2, 0.25) is 0 Å². The molecule has 0 unspecified atom stereocenters. The Labute approximate surface area is 190 Å². The van der Waals surface area contributed by atoms with E-state index in [1.54, 1.807) is 24.3 Å². The molecule has 2 heterocycles. The minimum absolute atomic E-state index is 0.00988. The van der Waals surface area contributed by atoms with E-state index in [9.17, 15) is 18.0 Å². The summed E-state index contributed by atoms with van der Waals surface area (Å²) in [6.45, 7) is 0. The average Bonchev–Trinajstić information content (AvgIpc) is 3.52. The summed E-state index contributed by atoms with van der Waals surface area (Å²) in [5.74, 6) is 0.780. The zero-order chi connectivity index (χ0) is 23.0. The van der Waals surface area contributed by atoms with Crippen LogP contribution in [0.4, 0.5) is 42.0 Å². The molecule has 10 heteroatoms. The van der Waals surface area contributed by atoms with Crippen LogP contribution in [0.5, 0.6) is 0 Å². The number of anilines is 5. The number of nitrogens with one attached hydrogen (secondary N) is 3. The first-order chi connectivity index (χ1) is 15.8. The summed E-state index contributed by atoms with van der Waals surface area (Å²) in [7, 11) is 0. The third-order valence-electron chi connectivity index (χ3n) is 5.09. The van der Waals surface area contributed by atoms with E-state index in [-0.39, 0.29) is 23.5 Å². The van der Waals surface area contributed by atoms with E-state index in [4.69, 9.17) is 0 Å². The van der Waals surface area contributed by atoms with Crippen LogP contribution in [0.15, 0.2) is 60.0 Å². The van der Waals surface area contributed by atoms with E-state index in [2.05, 4.69) is 25.9 Å². The van der Waals surface area contributed by atoms with E-state index in [0.29, 0.717) is 22.7 Å². The first kappa shape index (κ1) is 21.2. The lowest BCUT2D eigenvalue weighted by Gasteiger charge is -2.13. The van der Waals surface area contributed by atoms with E-state index in [0.717, 1.165) is 29.7 Å². The van der Waals surface area contributed by atoms with Crippen LogP contribution in [0.25, 0.3) is 10.2 Å². The van der Waals surface area contributed by atoms with Crippen LogP contribution < -0.4 is 16.0 Å². The maximum absolute atomic E-state index is 13.1. The van der Waals surface area contributed by atoms with Crippen LogP contribution >= 0.6 is 11.3 Å². The number of carbonyl (C=O) groups excluding carboxylic acids is 1. The Bertz CT molecular complexity index is 1330. The van der Waals surface area contributed by atoms with E-state index in [1.807, 2.05) is 17.5 Å². The number of benzene rings is 2. The minimum atomic E-state index is -4.44.